The number of nitrogens with zero attached hydrogens (tertiary/aromatic N) is 1. The second-order valence-electron chi connectivity index (χ2n) is 5.79. The first-order valence-electron chi connectivity index (χ1n) is 7.68. The summed E-state index contributed by atoms with van der Waals surface area (Å²) in [4.78, 5) is 2.36. The molecule has 1 fully saturated rings. The van der Waals surface area contributed by atoms with Gasteiger partial charge < -0.3 is 25.0 Å². The molecule has 2 N–H and O–H groups in total. The number of likely N-dealkylation sites (tertiary alicyclic amines) is 1. The average molecular weight is 358 g/mol. The summed E-state index contributed by atoms with van der Waals surface area (Å²) in [7, 11) is 5.33. The molecule has 0 amide bonds. The number of thiocarbonyl (C=S) groups is 1. The molecule has 1 atom stereocenters. The van der Waals surface area contributed by atoms with Crippen LogP contribution in [-0.4, -0.2) is 50.9 Å². The number of anilines is 1. The van der Waals surface area contributed by atoms with E-state index in [2.05, 4.69) is 22.6 Å². The lowest BCUT2D eigenvalue weighted by Crippen LogP contribution is -2.40. The van der Waals surface area contributed by atoms with Crippen molar-refractivity contribution in [3.8, 4) is 11.5 Å². The number of methoxy groups -OCH3 is 2. The molecule has 128 valence electrons. The molecule has 1 saturated heterocycles. The monoisotopic (exact) mass is 357 g/mol. The molecule has 0 bridgehead atoms. The van der Waals surface area contributed by atoms with Gasteiger partial charge in [-0.2, -0.15) is 0 Å². The Morgan fingerprint density at radius 2 is 2.09 bits per heavy atom. The Kier molecular flexibility index (Phi) is 6.74. The van der Waals surface area contributed by atoms with Gasteiger partial charge in [0.25, 0.3) is 0 Å². The van der Waals surface area contributed by atoms with Crippen molar-refractivity contribution in [3.63, 3.8) is 0 Å². The highest BCUT2D eigenvalue weighted by molar-refractivity contribution is 7.80. The zero-order chi connectivity index (χ0) is 16.8. The quantitative estimate of drug-likeness (QED) is 0.790. The van der Waals surface area contributed by atoms with Crippen LogP contribution in [0.5, 0.6) is 11.5 Å². The summed E-state index contributed by atoms with van der Waals surface area (Å²) in [6.07, 6.45) is 2.48. The number of halogens is 1. The molecule has 0 aliphatic carbocycles. The third-order valence-corrected chi connectivity index (χ3v) is 4.54. The molecule has 7 heteroatoms. The fourth-order valence-electron chi connectivity index (χ4n) is 2.80. The Labute approximate surface area is 148 Å². The maximum atomic E-state index is 6.11. The molecule has 0 unspecified atom stereocenters. The van der Waals surface area contributed by atoms with E-state index in [1.165, 1.54) is 19.4 Å². The predicted octanol–water partition coefficient (Wildman–Crippen LogP) is 2.99. The number of hydrogen-bond donors (Lipinski definition) is 2. The van der Waals surface area contributed by atoms with E-state index in [0.717, 1.165) is 18.8 Å². The summed E-state index contributed by atoms with van der Waals surface area (Å²) in [6.45, 7) is 3.15. The summed E-state index contributed by atoms with van der Waals surface area (Å²) in [6, 6.07) is 3.49. The molecule has 0 spiro atoms. The summed E-state index contributed by atoms with van der Waals surface area (Å²) >= 11 is 11.5. The first-order valence-corrected chi connectivity index (χ1v) is 8.47. The minimum absolute atomic E-state index is 0.499. The van der Waals surface area contributed by atoms with Crippen molar-refractivity contribution in [2.45, 2.75) is 12.8 Å². The van der Waals surface area contributed by atoms with E-state index in [9.17, 15) is 0 Å². The minimum atomic E-state index is 0.499. The van der Waals surface area contributed by atoms with Crippen molar-refractivity contribution >= 4 is 34.6 Å². The van der Waals surface area contributed by atoms with E-state index in [1.54, 1.807) is 26.4 Å². The van der Waals surface area contributed by atoms with Crippen molar-refractivity contribution in [2.75, 3.05) is 46.2 Å². The van der Waals surface area contributed by atoms with Crippen LogP contribution in [0.1, 0.15) is 12.8 Å². The minimum Gasteiger partial charge on any atom is -0.495 e. The van der Waals surface area contributed by atoms with E-state index >= 15 is 0 Å². The van der Waals surface area contributed by atoms with E-state index in [4.69, 9.17) is 33.3 Å². The summed E-state index contributed by atoms with van der Waals surface area (Å²) in [5, 5.41) is 7.52. The number of ether oxygens (including phenoxy) is 2. The second kappa shape index (κ2) is 8.57. The Hall–Kier alpha value is -1.24. The lowest BCUT2D eigenvalue weighted by atomic mass is 9.99. The van der Waals surface area contributed by atoms with E-state index in [1.807, 2.05) is 0 Å². The molecule has 1 aliphatic heterocycles. The fraction of sp³-hybridized carbons (Fsp3) is 0.562. The number of piperidine rings is 1. The van der Waals surface area contributed by atoms with Gasteiger partial charge in [0, 0.05) is 25.2 Å². The van der Waals surface area contributed by atoms with Crippen molar-refractivity contribution in [1.29, 1.82) is 0 Å². The average Bonchev–Trinajstić information content (AvgIpc) is 2.54. The van der Waals surface area contributed by atoms with Crippen LogP contribution in [0.4, 0.5) is 5.69 Å². The largest absolute Gasteiger partial charge is 0.495 e. The molecule has 0 saturated carbocycles. The molecule has 1 aliphatic rings. The van der Waals surface area contributed by atoms with Gasteiger partial charge in [0.05, 0.1) is 24.9 Å². The summed E-state index contributed by atoms with van der Waals surface area (Å²) < 4.78 is 10.6. The van der Waals surface area contributed by atoms with Crippen LogP contribution in [0.15, 0.2) is 12.1 Å². The van der Waals surface area contributed by atoms with Gasteiger partial charge in [0.1, 0.15) is 11.5 Å². The van der Waals surface area contributed by atoms with Gasteiger partial charge in [-0.1, -0.05) is 11.6 Å². The number of benzene rings is 1. The van der Waals surface area contributed by atoms with Gasteiger partial charge in [-0.15, -0.1) is 0 Å². The smallest absolute Gasteiger partial charge is 0.170 e. The molecule has 1 aromatic carbocycles. The van der Waals surface area contributed by atoms with Crippen molar-refractivity contribution in [1.82, 2.24) is 10.2 Å². The SMILES string of the molecule is COc1cc(NC(=S)NC[C@H]2CCCN(C)C2)c(OC)cc1Cl. The molecule has 1 aromatic rings. The van der Waals surface area contributed by atoms with Gasteiger partial charge in [-0.3, -0.25) is 0 Å². The Balaban J connectivity index is 1.94. The van der Waals surface area contributed by atoms with Gasteiger partial charge in [0.2, 0.25) is 0 Å². The molecular formula is C16H24ClN3O2S. The first kappa shape index (κ1) is 18.1. The summed E-state index contributed by atoms with van der Waals surface area (Å²) in [5.41, 5.74) is 0.729. The molecule has 1 heterocycles. The van der Waals surface area contributed by atoms with E-state index < -0.39 is 0 Å². The predicted molar refractivity (Wildman–Crippen MR) is 99.0 cm³/mol. The highest BCUT2D eigenvalue weighted by Crippen LogP contribution is 2.35. The van der Waals surface area contributed by atoms with E-state index in [-0.39, 0.29) is 0 Å². The standard InChI is InChI=1S/C16H24ClN3O2S/c1-20-6-4-5-11(10-20)9-18-16(23)19-13-8-14(21-2)12(17)7-15(13)22-3/h7-8,11H,4-6,9-10H2,1-3H3,(H2,18,19,23)/t11-/m1/s1. The zero-order valence-corrected chi connectivity index (χ0v) is 15.4. The van der Waals surface area contributed by atoms with Crippen LogP contribution in [-0.2, 0) is 0 Å². The normalized spacial score (nSPS) is 18.3. The van der Waals surface area contributed by atoms with Crippen LogP contribution in [0.3, 0.4) is 0 Å². The highest BCUT2D eigenvalue weighted by atomic mass is 35.5. The van der Waals surface area contributed by atoms with Crippen molar-refractivity contribution in [3.05, 3.63) is 17.2 Å². The molecule has 2 rings (SSSR count). The van der Waals surface area contributed by atoms with Crippen LogP contribution in [0.25, 0.3) is 0 Å². The second-order valence-corrected chi connectivity index (χ2v) is 6.61. The maximum Gasteiger partial charge on any atom is 0.170 e. The molecule has 0 aromatic heterocycles. The van der Waals surface area contributed by atoms with Gasteiger partial charge >= 0.3 is 0 Å². The highest BCUT2D eigenvalue weighted by Gasteiger charge is 2.17. The lowest BCUT2D eigenvalue weighted by molar-refractivity contribution is 0.211. The maximum absolute atomic E-state index is 6.11. The first-order chi connectivity index (χ1) is 11.0. The lowest BCUT2D eigenvalue weighted by Gasteiger charge is -2.30. The van der Waals surface area contributed by atoms with Gasteiger partial charge in [-0.25, -0.2) is 0 Å². The van der Waals surface area contributed by atoms with Crippen LogP contribution < -0.4 is 20.1 Å². The number of nitrogens with one attached hydrogen (secondary N) is 2. The Bertz CT molecular complexity index is 556. The van der Waals surface area contributed by atoms with Crippen LogP contribution in [0, 0.1) is 5.92 Å². The van der Waals surface area contributed by atoms with E-state index in [0.29, 0.717) is 27.6 Å². The number of hydrogen-bond acceptors (Lipinski definition) is 4. The fourth-order valence-corrected chi connectivity index (χ4v) is 3.23. The van der Waals surface area contributed by atoms with Crippen molar-refractivity contribution in [2.24, 2.45) is 5.92 Å². The van der Waals surface area contributed by atoms with Gasteiger partial charge in [-0.05, 0) is 44.6 Å². The molecule has 23 heavy (non-hydrogen) atoms. The van der Waals surface area contributed by atoms with Crippen LogP contribution >= 0.6 is 23.8 Å². The van der Waals surface area contributed by atoms with Gasteiger partial charge in [0.15, 0.2) is 5.11 Å². The van der Waals surface area contributed by atoms with Crippen molar-refractivity contribution < 1.29 is 9.47 Å². The Morgan fingerprint density at radius 1 is 1.35 bits per heavy atom. The number of rotatable bonds is 5. The third-order valence-electron chi connectivity index (χ3n) is 4.00. The van der Waals surface area contributed by atoms with Crippen LogP contribution in [0.2, 0.25) is 5.02 Å². The molecular weight excluding hydrogens is 334 g/mol. The third kappa shape index (κ3) is 5.12. The molecule has 5 nitrogen and oxygen atoms in total. The summed E-state index contributed by atoms with van der Waals surface area (Å²) in [5.74, 6) is 1.82. The Morgan fingerprint density at radius 3 is 2.74 bits per heavy atom. The molecule has 0 radical (unpaired) electrons. The zero-order valence-electron chi connectivity index (χ0n) is 13.8. The topological polar surface area (TPSA) is 45.8 Å².